The molecule has 1 aromatic heterocycles. The van der Waals surface area contributed by atoms with Gasteiger partial charge in [-0.2, -0.15) is 0 Å². The Morgan fingerprint density at radius 3 is 2.12 bits per heavy atom. The number of aromatic nitrogens is 2. The smallest absolute Gasteiger partial charge is 0.318 e. The Bertz CT molecular complexity index is 926. The normalized spacial score (nSPS) is 17.2. The number of benzene rings is 2. The molecule has 0 amide bonds. The highest BCUT2D eigenvalue weighted by atomic mass is 16.7. The van der Waals surface area contributed by atoms with Crippen LogP contribution in [0.3, 0.4) is 0 Å². The summed E-state index contributed by atoms with van der Waals surface area (Å²) in [5.74, 6) is -0.330. The van der Waals surface area contributed by atoms with Gasteiger partial charge in [-0.25, -0.2) is 9.36 Å². The quantitative estimate of drug-likeness (QED) is 0.783. The van der Waals surface area contributed by atoms with Crippen molar-refractivity contribution < 1.29 is 14.6 Å². The van der Waals surface area contributed by atoms with E-state index in [0.29, 0.717) is 24.4 Å². The monoisotopic (exact) mass is 352 g/mol. The Hall–Kier alpha value is -2.99. The molecule has 1 fully saturated rings. The zero-order valence-corrected chi connectivity index (χ0v) is 14.2. The number of aromatic hydroxyl groups is 1. The van der Waals surface area contributed by atoms with E-state index in [4.69, 9.17) is 9.47 Å². The Balaban J connectivity index is 1.86. The summed E-state index contributed by atoms with van der Waals surface area (Å²) in [6.07, 6.45) is 2.13. The van der Waals surface area contributed by atoms with Crippen molar-refractivity contribution in [3.8, 4) is 23.0 Å². The first-order chi connectivity index (χ1) is 12.8. The van der Waals surface area contributed by atoms with E-state index in [2.05, 4.69) is 0 Å². The molecule has 1 unspecified atom stereocenters. The van der Waals surface area contributed by atoms with Crippen LogP contribution in [0.25, 0.3) is 11.4 Å². The van der Waals surface area contributed by atoms with E-state index in [0.717, 1.165) is 12.8 Å². The number of rotatable bonds is 4. The van der Waals surface area contributed by atoms with E-state index in [-0.39, 0.29) is 11.6 Å². The highest BCUT2D eigenvalue weighted by molar-refractivity contribution is 5.46. The topological polar surface area (TPSA) is 65.6 Å². The van der Waals surface area contributed by atoms with Gasteiger partial charge in [-0.3, -0.25) is 4.79 Å². The molecule has 3 aromatic rings. The van der Waals surface area contributed by atoms with Crippen LogP contribution in [-0.4, -0.2) is 27.4 Å². The van der Waals surface area contributed by atoms with Crippen LogP contribution in [0.5, 0.6) is 11.6 Å². The number of nitrogens with zero attached hydrogens (tertiary/aromatic N) is 2. The molecule has 1 N–H and O–H groups in total. The maximum atomic E-state index is 13.1. The highest BCUT2D eigenvalue weighted by Crippen LogP contribution is 2.30. The minimum atomic E-state index is -0.516. The van der Waals surface area contributed by atoms with Gasteiger partial charge in [-0.1, -0.05) is 36.4 Å². The van der Waals surface area contributed by atoms with Gasteiger partial charge in [0.2, 0.25) is 0 Å². The third-order valence-corrected chi connectivity index (χ3v) is 4.38. The molecule has 6 nitrogen and oxygen atoms in total. The van der Waals surface area contributed by atoms with E-state index in [1.165, 1.54) is 9.36 Å². The summed E-state index contributed by atoms with van der Waals surface area (Å²) >= 11 is 0. The van der Waals surface area contributed by atoms with Crippen molar-refractivity contribution in [2.24, 2.45) is 0 Å². The van der Waals surface area contributed by atoms with Gasteiger partial charge < -0.3 is 14.6 Å². The van der Waals surface area contributed by atoms with Gasteiger partial charge in [-0.05, 0) is 37.1 Å². The van der Waals surface area contributed by atoms with E-state index in [9.17, 15) is 9.90 Å². The predicted octanol–water partition coefficient (Wildman–Crippen LogP) is 3.24. The van der Waals surface area contributed by atoms with Crippen LogP contribution >= 0.6 is 0 Å². The molecule has 0 bridgehead atoms. The maximum absolute atomic E-state index is 13.1. The lowest BCUT2D eigenvalue weighted by Crippen LogP contribution is -2.28. The summed E-state index contributed by atoms with van der Waals surface area (Å²) in [5, 5.41) is 10.8. The van der Waals surface area contributed by atoms with Gasteiger partial charge in [0.15, 0.2) is 6.29 Å². The molecule has 0 aliphatic carbocycles. The first-order valence-corrected chi connectivity index (χ1v) is 8.72. The lowest BCUT2D eigenvalue weighted by atomic mass is 10.2. The lowest BCUT2D eigenvalue weighted by molar-refractivity contribution is -0.107. The SMILES string of the molecule is O=c1c(OC2CCCCO2)c(O)n(-c2ccccc2)n1-c1ccccc1. The fraction of sp³-hybridized carbons (Fsp3) is 0.250. The molecule has 1 aliphatic rings. The van der Waals surface area contributed by atoms with Crippen LogP contribution < -0.4 is 10.3 Å². The van der Waals surface area contributed by atoms with E-state index in [1.54, 1.807) is 12.1 Å². The molecule has 2 heterocycles. The standard InChI is InChI=1S/C20H20N2O4/c23-19-18(26-17-13-7-8-14-25-17)20(24)22(16-11-5-2-6-12-16)21(19)15-9-3-1-4-10-15/h1-6,9-12,17,23H,7-8,13-14H2. The van der Waals surface area contributed by atoms with Crippen molar-refractivity contribution in [3.05, 3.63) is 71.0 Å². The van der Waals surface area contributed by atoms with Gasteiger partial charge in [-0.15, -0.1) is 0 Å². The minimum absolute atomic E-state index is 0.0930. The molecule has 1 aliphatic heterocycles. The molecule has 4 rings (SSSR count). The molecule has 1 atom stereocenters. The minimum Gasteiger partial charge on any atom is -0.490 e. The van der Waals surface area contributed by atoms with Crippen molar-refractivity contribution in [1.82, 2.24) is 9.36 Å². The van der Waals surface area contributed by atoms with Gasteiger partial charge >= 0.3 is 5.56 Å². The third-order valence-electron chi connectivity index (χ3n) is 4.38. The average molecular weight is 352 g/mol. The molecule has 26 heavy (non-hydrogen) atoms. The lowest BCUT2D eigenvalue weighted by Gasteiger charge is -2.22. The number of hydrogen-bond acceptors (Lipinski definition) is 4. The molecule has 0 saturated carbocycles. The highest BCUT2D eigenvalue weighted by Gasteiger charge is 2.26. The predicted molar refractivity (Wildman–Crippen MR) is 97.2 cm³/mol. The average Bonchev–Trinajstić information content (AvgIpc) is 2.95. The zero-order valence-electron chi connectivity index (χ0n) is 14.2. The second-order valence-electron chi connectivity index (χ2n) is 6.17. The molecule has 2 aromatic carbocycles. The fourth-order valence-corrected chi connectivity index (χ4v) is 3.12. The van der Waals surface area contributed by atoms with Crippen LogP contribution in [0.4, 0.5) is 0 Å². The molecular formula is C20H20N2O4. The maximum Gasteiger partial charge on any atom is 0.318 e. The summed E-state index contributed by atoms with van der Waals surface area (Å²) in [6, 6.07) is 18.4. The van der Waals surface area contributed by atoms with Gasteiger partial charge in [0.05, 0.1) is 18.0 Å². The van der Waals surface area contributed by atoms with Crippen LogP contribution in [0.2, 0.25) is 0 Å². The number of para-hydroxylation sites is 2. The zero-order chi connectivity index (χ0) is 17.9. The largest absolute Gasteiger partial charge is 0.490 e. The van der Waals surface area contributed by atoms with Crippen LogP contribution in [0, 0.1) is 0 Å². The number of hydrogen-bond donors (Lipinski definition) is 1. The van der Waals surface area contributed by atoms with Crippen LogP contribution in [0.15, 0.2) is 65.5 Å². The summed E-state index contributed by atoms with van der Waals surface area (Å²) in [4.78, 5) is 13.1. The number of ether oxygens (including phenoxy) is 2. The summed E-state index contributed by atoms with van der Waals surface area (Å²) < 4.78 is 14.2. The summed E-state index contributed by atoms with van der Waals surface area (Å²) in [6.45, 7) is 0.595. The molecule has 1 saturated heterocycles. The van der Waals surface area contributed by atoms with Crippen molar-refractivity contribution >= 4 is 0 Å². The molecule has 134 valence electrons. The van der Waals surface area contributed by atoms with E-state index in [1.807, 2.05) is 48.5 Å². The van der Waals surface area contributed by atoms with E-state index >= 15 is 0 Å². The van der Waals surface area contributed by atoms with Crippen molar-refractivity contribution in [1.29, 1.82) is 0 Å². The van der Waals surface area contributed by atoms with Gasteiger partial charge in [0, 0.05) is 6.42 Å². The second kappa shape index (κ2) is 7.09. The van der Waals surface area contributed by atoms with E-state index < -0.39 is 11.8 Å². The van der Waals surface area contributed by atoms with Crippen LogP contribution in [-0.2, 0) is 4.74 Å². The second-order valence-corrected chi connectivity index (χ2v) is 6.17. The summed E-state index contributed by atoms with van der Waals surface area (Å²) in [5.41, 5.74) is 0.869. The van der Waals surface area contributed by atoms with Crippen molar-refractivity contribution in [3.63, 3.8) is 0 Å². The Morgan fingerprint density at radius 1 is 0.923 bits per heavy atom. The summed E-state index contributed by atoms with van der Waals surface area (Å²) in [7, 11) is 0. The Kier molecular flexibility index (Phi) is 4.50. The fourth-order valence-electron chi connectivity index (χ4n) is 3.12. The third kappa shape index (κ3) is 2.99. The molecule has 6 heteroatoms. The Labute approximate surface area is 150 Å². The molecule has 0 radical (unpaired) electrons. The first kappa shape index (κ1) is 16.5. The van der Waals surface area contributed by atoms with Crippen molar-refractivity contribution in [2.75, 3.05) is 6.61 Å². The Morgan fingerprint density at radius 2 is 1.54 bits per heavy atom. The van der Waals surface area contributed by atoms with Gasteiger partial charge in [0.25, 0.3) is 11.6 Å². The van der Waals surface area contributed by atoms with Gasteiger partial charge in [0.1, 0.15) is 0 Å². The van der Waals surface area contributed by atoms with Crippen molar-refractivity contribution in [2.45, 2.75) is 25.6 Å². The molecule has 0 spiro atoms. The first-order valence-electron chi connectivity index (χ1n) is 8.72. The molecular weight excluding hydrogens is 332 g/mol. The van der Waals surface area contributed by atoms with Crippen LogP contribution in [0.1, 0.15) is 19.3 Å².